The lowest BCUT2D eigenvalue weighted by atomic mass is 9.80. The molecule has 0 saturated carbocycles. The van der Waals surface area contributed by atoms with Gasteiger partial charge in [-0.3, -0.25) is 4.79 Å². The average molecular weight is 259 g/mol. The number of aromatic nitrogens is 1. The van der Waals surface area contributed by atoms with E-state index in [-0.39, 0.29) is 17.6 Å². The lowest BCUT2D eigenvalue weighted by Gasteiger charge is -2.40. The Balaban J connectivity index is 1.97. The van der Waals surface area contributed by atoms with Gasteiger partial charge >= 0.3 is 0 Å². The Morgan fingerprint density at radius 3 is 2.79 bits per heavy atom. The van der Waals surface area contributed by atoms with Crippen molar-refractivity contribution in [3.05, 3.63) is 45.7 Å². The lowest BCUT2D eigenvalue weighted by Crippen LogP contribution is -2.47. The Labute approximate surface area is 111 Å². The molecule has 4 nitrogen and oxygen atoms in total. The molecule has 100 valence electrons. The average Bonchev–Trinajstić information content (AvgIpc) is 2.35. The summed E-state index contributed by atoms with van der Waals surface area (Å²) in [5.41, 5.74) is 2.57. The summed E-state index contributed by atoms with van der Waals surface area (Å²) in [5.74, 6) is 0. The summed E-state index contributed by atoms with van der Waals surface area (Å²) < 4.78 is 5.22. The SMILES string of the molecule is Cc1cc2cc(CC3(CO)COC3)ccc2[nH]c1=O. The van der Waals surface area contributed by atoms with E-state index in [4.69, 9.17) is 4.74 Å². The van der Waals surface area contributed by atoms with Crippen molar-refractivity contribution in [3.63, 3.8) is 0 Å². The highest BCUT2D eigenvalue weighted by molar-refractivity contribution is 5.79. The van der Waals surface area contributed by atoms with E-state index in [0.717, 1.165) is 22.9 Å². The van der Waals surface area contributed by atoms with Gasteiger partial charge in [-0.05, 0) is 42.5 Å². The van der Waals surface area contributed by atoms with Crippen molar-refractivity contribution in [1.29, 1.82) is 0 Å². The molecule has 0 spiro atoms. The molecular weight excluding hydrogens is 242 g/mol. The molecule has 1 aliphatic rings. The number of hydrogen-bond donors (Lipinski definition) is 2. The molecule has 0 amide bonds. The fraction of sp³-hybridized carbons (Fsp3) is 0.400. The molecule has 0 bridgehead atoms. The molecule has 1 aliphatic heterocycles. The minimum atomic E-state index is -0.120. The fourth-order valence-corrected chi connectivity index (χ4v) is 2.55. The van der Waals surface area contributed by atoms with Crippen LogP contribution in [0.25, 0.3) is 10.9 Å². The molecule has 2 aromatic rings. The maximum Gasteiger partial charge on any atom is 0.251 e. The van der Waals surface area contributed by atoms with Gasteiger partial charge < -0.3 is 14.8 Å². The van der Waals surface area contributed by atoms with E-state index in [9.17, 15) is 9.90 Å². The zero-order chi connectivity index (χ0) is 13.5. The zero-order valence-electron chi connectivity index (χ0n) is 10.9. The molecule has 2 heterocycles. The van der Waals surface area contributed by atoms with Gasteiger partial charge in [0.1, 0.15) is 0 Å². The van der Waals surface area contributed by atoms with Crippen molar-refractivity contribution in [2.75, 3.05) is 19.8 Å². The molecule has 1 fully saturated rings. The first-order valence-electron chi connectivity index (χ1n) is 6.43. The summed E-state index contributed by atoms with van der Waals surface area (Å²) in [6, 6.07) is 7.91. The molecule has 0 aliphatic carbocycles. The number of aliphatic hydroxyl groups excluding tert-OH is 1. The number of aliphatic hydroxyl groups is 1. The molecule has 0 radical (unpaired) electrons. The normalized spacial score (nSPS) is 17.4. The lowest BCUT2D eigenvalue weighted by molar-refractivity contribution is -0.135. The number of H-pyrrole nitrogens is 1. The molecule has 0 atom stereocenters. The van der Waals surface area contributed by atoms with Crippen LogP contribution in [0.3, 0.4) is 0 Å². The zero-order valence-corrected chi connectivity index (χ0v) is 10.9. The van der Waals surface area contributed by atoms with Crippen LogP contribution in [-0.2, 0) is 11.2 Å². The summed E-state index contributed by atoms with van der Waals surface area (Å²) >= 11 is 0. The van der Waals surface area contributed by atoms with Gasteiger partial charge in [0, 0.05) is 16.5 Å². The summed E-state index contributed by atoms with van der Waals surface area (Å²) in [5, 5.41) is 10.5. The van der Waals surface area contributed by atoms with E-state index >= 15 is 0 Å². The van der Waals surface area contributed by atoms with Crippen LogP contribution in [0.1, 0.15) is 11.1 Å². The number of benzene rings is 1. The number of rotatable bonds is 3. The van der Waals surface area contributed by atoms with E-state index in [2.05, 4.69) is 11.1 Å². The first kappa shape index (κ1) is 12.4. The van der Waals surface area contributed by atoms with Crippen molar-refractivity contribution < 1.29 is 9.84 Å². The highest BCUT2D eigenvalue weighted by atomic mass is 16.5. The molecule has 1 aromatic carbocycles. The van der Waals surface area contributed by atoms with Crippen molar-refractivity contribution in [3.8, 4) is 0 Å². The van der Waals surface area contributed by atoms with Gasteiger partial charge in [-0.25, -0.2) is 0 Å². The number of hydrogen-bond acceptors (Lipinski definition) is 3. The minimum Gasteiger partial charge on any atom is -0.396 e. The summed E-state index contributed by atoms with van der Waals surface area (Å²) in [6.07, 6.45) is 0.803. The van der Waals surface area contributed by atoms with Crippen LogP contribution in [0.15, 0.2) is 29.1 Å². The second kappa shape index (κ2) is 4.47. The Hall–Kier alpha value is -1.65. The molecule has 1 aromatic heterocycles. The van der Waals surface area contributed by atoms with Gasteiger partial charge in [-0.2, -0.15) is 0 Å². The van der Waals surface area contributed by atoms with E-state index in [1.54, 1.807) is 6.92 Å². The Morgan fingerprint density at radius 2 is 2.16 bits per heavy atom. The van der Waals surface area contributed by atoms with Crippen molar-refractivity contribution in [1.82, 2.24) is 4.98 Å². The number of aryl methyl sites for hydroxylation is 1. The van der Waals surface area contributed by atoms with Crippen LogP contribution in [0, 0.1) is 12.3 Å². The smallest absolute Gasteiger partial charge is 0.251 e. The maximum absolute atomic E-state index is 11.5. The van der Waals surface area contributed by atoms with Gasteiger partial charge in [0.2, 0.25) is 0 Å². The monoisotopic (exact) mass is 259 g/mol. The second-order valence-corrected chi connectivity index (χ2v) is 5.53. The maximum atomic E-state index is 11.5. The molecule has 4 heteroatoms. The van der Waals surface area contributed by atoms with Gasteiger partial charge in [-0.15, -0.1) is 0 Å². The van der Waals surface area contributed by atoms with Crippen LogP contribution < -0.4 is 5.56 Å². The van der Waals surface area contributed by atoms with Crippen LogP contribution in [0.5, 0.6) is 0 Å². The highest BCUT2D eigenvalue weighted by Gasteiger charge is 2.37. The van der Waals surface area contributed by atoms with Gasteiger partial charge in [0.25, 0.3) is 5.56 Å². The first-order chi connectivity index (χ1) is 9.12. The van der Waals surface area contributed by atoms with E-state index in [1.807, 2.05) is 18.2 Å². The number of pyridine rings is 1. The summed E-state index contributed by atoms with van der Waals surface area (Å²) in [6.45, 7) is 3.19. The number of aromatic amines is 1. The van der Waals surface area contributed by atoms with E-state index in [0.29, 0.717) is 18.8 Å². The van der Waals surface area contributed by atoms with Crippen molar-refractivity contribution >= 4 is 10.9 Å². The van der Waals surface area contributed by atoms with Crippen LogP contribution in [0.4, 0.5) is 0 Å². The Morgan fingerprint density at radius 1 is 1.37 bits per heavy atom. The third-order valence-electron chi connectivity index (χ3n) is 3.83. The fourth-order valence-electron chi connectivity index (χ4n) is 2.55. The Kier molecular flexibility index (Phi) is 2.92. The molecular formula is C15H17NO3. The first-order valence-corrected chi connectivity index (χ1v) is 6.43. The predicted octanol–water partition coefficient (Wildman–Crippen LogP) is 1.39. The van der Waals surface area contributed by atoms with E-state index in [1.165, 1.54) is 0 Å². The van der Waals surface area contributed by atoms with Crippen molar-refractivity contribution in [2.24, 2.45) is 5.41 Å². The second-order valence-electron chi connectivity index (χ2n) is 5.53. The molecule has 3 rings (SSSR count). The van der Waals surface area contributed by atoms with Gasteiger partial charge in [0.15, 0.2) is 0 Å². The van der Waals surface area contributed by atoms with Gasteiger partial charge in [0.05, 0.1) is 19.8 Å². The van der Waals surface area contributed by atoms with Crippen molar-refractivity contribution in [2.45, 2.75) is 13.3 Å². The van der Waals surface area contributed by atoms with Crippen LogP contribution >= 0.6 is 0 Å². The highest BCUT2D eigenvalue weighted by Crippen LogP contribution is 2.31. The number of ether oxygens (including phenoxy) is 1. The standard InChI is InChI=1S/C15H17NO3/c1-10-4-12-5-11(2-3-13(12)16-14(10)18)6-15(7-17)8-19-9-15/h2-5,17H,6-9H2,1H3,(H,16,18). The quantitative estimate of drug-likeness (QED) is 0.875. The van der Waals surface area contributed by atoms with Crippen LogP contribution in [0.2, 0.25) is 0 Å². The largest absolute Gasteiger partial charge is 0.396 e. The molecule has 2 N–H and O–H groups in total. The predicted molar refractivity (Wildman–Crippen MR) is 73.3 cm³/mol. The topological polar surface area (TPSA) is 62.3 Å². The molecule has 19 heavy (non-hydrogen) atoms. The van der Waals surface area contributed by atoms with Crippen LogP contribution in [-0.4, -0.2) is 29.9 Å². The third-order valence-corrected chi connectivity index (χ3v) is 3.83. The summed E-state index contributed by atoms with van der Waals surface area (Å²) in [4.78, 5) is 14.4. The third kappa shape index (κ3) is 2.17. The molecule has 1 saturated heterocycles. The Bertz CT molecular complexity index is 665. The number of nitrogens with one attached hydrogen (secondary N) is 1. The van der Waals surface area contributed by atoms with Gasteiger partial charge in [-0.1, -0.05) is 6.07 Å². The summed E-state index contributed by atoms with van der Waals surface area (Å²) in [7, 11) is 0. The van der Waals surface area contributed by atoms with E-state index < -0.39 is 0 Å². The minimum absolute atomic E-state index is 0.0422. The number of fused-ring (bicyclic) bond motifs is 1. The molecule has 0 unspecified atom stereocenters.